The van der Waals surface area contributed by atoms with Crippen molar-refractivity contribution in [1.82, 2.24) is 4.31 Å². The Hall–Kier alpha value is -1.63. The third kappa shape index (κ3) is 2.26. The van der Waals surface area contributed by atoms with Crippen molar-refractivity contribution in [2.24, 2.45) is 5.73 Å². The van der Waals surface area contributed by atoms with Gasteiger partial charge in [0.05, 0.1) is 6.54 Å². The zero-order valence-electron chi connectivity index (χ0n) is 11.0. The van der Waals surface area contributed by atoms with Crippen LogP contribution in [-0.4, -0.2) is 19.3 Å². The van der Waals surface area contributed by atoms with Crippen LogP contribution in [0.4, 0.5) is 0 Å². The number of benzene rings is 1. The van der Waals surface area contributed by atoms with Gasteiger partial charge in [0.25, 0.3) is 10.0 Å². The van der Waals surface area contributed by atoms with E-state index < -0.39 is 10.0 Å². The number of nitrogens with zero attached hydrogens (tertiary/aromatic N) is 1. The summed E-state index contributed by atoms with van der Waals surface area (Å²) in [5.41, 5.74) is 7.70. The summed E-state index contributed by atoms with van der Waals surface area (Å²) in [6.45, 7) is 1.05. The highest BCUT2D eigenvalue weighted by molar-refractivity contribution is 7.89. The molecule has 0 atom stereocenters. The average Bonchev–Trinajstić information content (AvgIpc) is 2.96. The number of nitrogens with two attached hydrogens (primary N) is 1. The Labute approximate surface area is 118 Å². The SMILES string of the molecule is NCc1ccc(S(=O)(=O)N2CCc3ccccc3C2)o1. The molecule has 106 valence electrons. The summed E-state index contributed by atoms with van der Waals surface area (Å²) >= 11 is 0. The van der Waals surface area contributed by atoms with Crippen molar-refractivity contribution in [2.45, 2.75) is 24.6 Å². The maximum Gasteiger partial charge on any atom is 0.276 e. The molecule has 1 aliphatic heterocycles. The van der Waals surface area contributed by atoms with E-state index in [1.165, 1.54) is 15.9 Å². The fourth-order valence-electron chi connectivity index (χ4n) is 2.41. The van der Waals surface area contributed by atoms with Crippen molar-refractivity contribution >= 4 is 10.0 Å². The molecule has 0 spiro atoms. The van der Waals surface area contributed by atoms with Crippen LogP contribution >= 0.6 is 0 Å². The van der Waals surface area contributed by atoms with Gasteiger partial charge < -0.3 is 10.2 Å². The molecule has 0 saturated heterocycles. The molecule has 2 heterocycles. The van der Waals surface area contributed by atoms with E-state index in [0.29, 0.717) is 18.8 Å². The van der Waals surface area contributed by atoms with E-state index in [-0.39, 0.29) is 11.6 Å². The lowest BCUT2D eigenvalue weighted by atomic mass is 10.0. The molecule has 1 aromatic carbocycles. The lowest BCUT2D eigenvalue weighted by Gasteiger charge is -2.27. The molecule has 0 saturated carbocycles. The molecule has 1 aromatic heterocycles. The normalized spacial score (nSPS) is 16.1. The van der Waals surface area contributed by atoms with Crippen LogP contribution in [0.3, 0.4) is 0 Å². The minimum Gasteiger partial charge on any atom is -0.447 e. The van der Waals surface area contributed by atoms with Gasteiger partial charge in [-0.05, 0) is 29.7 Å². The molecule has 0 fully saturated rings. The van der Waals surface area contributed by atoms with Gasteiger partial charge in [0.2, 0.25) is 5.09 Å². The Morgan fingerprint density at radius 3 is 2.60 bits per heavy atom. The lowest BCUT2D eigenvalue weighted by Crippen LogP contribution is -2.35. The Bertz CT molecular complexity index is 722. The molecule has 0 bridgehead atoms. The van der Waals surface area contributed by atoms with Gasteiger partial charge in [-0.25, -0.2) is 8.42 Å². The quantitative estimate of drug-likeness (QED) is 0.929. The highest BCUT2D eigenvalue weighted by atomic mass is 32.2. The fraction of sp³-hybridized carbons (Fsp3) is 0.286. The van der Waals surface area contributed by atoms with Crippen molar-refractivity contribution in [3.63, 3.8) is 0 Å². The third-order valence-corrected chi connectivity index (χ3v) is 5.25. The largest absolute Gasteiger partial charge is 0.447 e. The molecule has 6 heteroatoms. The number of furan rings is 1. The summed E-state index contributed by atoms with van der Waals surface area (Å²) in [6, 6.07) is 11.0. The molecule has 1 aliphatic rings. The van der Waals surface area contributed by atoms with Gasteiger partial charge in [0, 0.05) is 13.1 Å². The van der Waals surface area contributed by atoms with Gasteiger partial charge in [0.1, 0.15) is 5.76 Å². The van der Waals surface area contributed by atoms with Crippen molar-refractivity contribution in [3.05, 3.63) is 53.3 Å². The Morgan fingerprint density at radius 1 is 1.15 bits per heavy atom. The van der Waals surface area contributed by atoms with Crippen LogP contribution in [0.15, 0.2) is 45.9 Å². The van der Waals surface area contributed by atoms with Gasteiger partial charge in [-0.15, -0.1) is 0 Å². The molecule has 3 rings (SSSR count). The van der Waals surface area contributed by atoms with E-state index in [4.69, 9.17) is 10.2 Å². The van der Waals surface area contributed by atoms with Crippen LogP contribution < -0.4 is 5.73 Å². The summed E-state index contributed by atoms with van der Waals surface area (Å²) in [7, 11) is -3.58. The van der Waals surface area contributed by atoms with Gasteiger partial charge in [-0.1, -0.05) is 24.3 Å². The predicted molar refractivity (Wildman–Crippen MR) is 74.3 cm³/mol. The first-order chi connectivity index (χ1) is 9.61. The molecule has 0 amide bonds. The third-order valence-electron chi connectivity index (χ3n) is 3.53. The maximum atomic E-state index is 12.5. The van der Waals surface area contributed by atoms with Crippen LogP contribution in [0.25, 0.3) is 0 Å². The summed E-state index contributed by atoms with van der Waals surface area (Å²) in [6.07, 6.45) is 0.722. The summed E-state index contributed by atoms with van der Waals surface area (Å²) < 4.78 is 31.8. The summed E-state index contributed by atoms with van der Waals surface area (Å²) in [4.78, 5) is 0. The van der Waals surface area contributed by atoms with E-state index in [2.05, 4.69) is 0 Å². The first kappa shape index (κ1) is 13.4. The van der Waals surface area contributed by atoms with Gasteiger partial charge in [-0.2, -0.15) is 4.31 Å². The van der Waals surface area contributed by atoms with E-state index in [1.807, 2.05) is 24.3 Å². The maximum absolute atomic E-state index is 12.5. The number of hydrogen-bond donors (Lipinski definition) is 1. The lowest BCUT2D eigenvalue weighted by molar-refractivity contribution is 0.356. The zero-order valence-corrected chi connectivity index (χ0v) is 11.8. The van der Waals surface area contributed by atoms with E-state index in [9.17, 15) is 8.42 Å². The van der Waals surface area contributed by atoms with Crippen LogP contribution in [-0.2, 0) is 29.5 Å². The number of sulfonamides is 1. The Balaban J connectivity index is 1.90. The monoisotopic (exact) mass is 292 g/mol. The smallest absolute Gasteiger partial charge is 0.276 e. The predicted octanol–water partition coefficient (Wildman–Crippen LogP) is 1.49. The molecule has 0 unspecified atom stereocenters. The molecule has 2 N–H and O–H groups in total. The Morgan fingerprint density at radius 2 is 1.90 bits per heavy atom. The average molecular weight is 292 g/mol. The van der Waals surface area contributed by atoms with Crippen LogP contribution in [0.1, 0.15) is 16.9 Å². The number of rotatable bonds is 3. The molecule has 2 aromatic rings. The topological polar surface area (TPSA) is 76.5 Å². The highest BCUT2D eigenvalue weighted by Crippen LogP contribution is 2.25. The second kappa shape index (κ2) is 5.05. The van der Waals surface area contributed by atoms with Gasteiger partial charge >= 0.3 is 0 Å². The summed E-state index contributed by atoms with van der Waals surface area (Å²) in [5.74, 6) is 0.473. The molecular formula is C14H16N2O3S. The van der Waals surface area contributed by atoms with E-state index in [0.717, 1.165) is 12.0 Å². The summed E-state index contributed by atoms with van der Waals surface area (Å²) in [5, 5.41) is -0.0302. The zero-order chi connectivity index (χ0) is 14.2. The van der Waals surface area contributed by atoms with Crippen LogP contribution in [0, 0.1) is 0 Å². The standard InChI is InChI=1S/C14H16N2O3S/c15-9-13-5-6-14(19-13)20(17,18)16-8-7-11-3-1-2-4-12(11)10-16/h1-6H,7-10,15H2. The van der Waals surface area contributed by atoms with Gasteiger partial charge in [-0.3, -0.25) is 0 Å². The van der Waals surface area contributed by atoms with Crippen molar-refractivity contribution in [2.75, 3.05) is 6.54 Å². The van der Waals surface area contributed by atoms with E-state index >= 15 is 0 Å². The molecular weight excluding hydrogens is 276 g/mol. The van der Waals surface area contributed by atoms with Crippen molar-refractivity contribution < 1.29 is 12.8 Å². The van der Waals surface area contributed by atoms with Crippen LogP contribution in [0.2, 0.25) is 0 Å². The first-order valence-electron chi connectivity index (χ1n) is 6.47. The second-order valence-electron chi connectivity index (χ2n) is 4.78. The van der Waals surface area contributed by atoms with Crippen LogP contribution in [0.5, 0.6) is 0 Å². The second-order valence-corrected chi connectivity index (χ2v) is 6.65. The molecule has 0 aliphatic carbocycles. The van der Waals surface area contributed by atoms with Gasteiger partial charge in [0.15, 0.2) is 0 Å². The number of hydrogen-bond acceptors (Lipinski definition) is 4. The fourth-order valence-corrected chi connectivity index (χ4v) is 3.76. The minimum atomic E-state index is -3.58. The van der Waals surface area contributed by atoms with Crippen molar-refractivity contribution in [3.8, 4) is 0 Å². The van der Waals surface area contributed by atoms with E-state index in [1.54, 1.807) is 6.07 Å². The van der Waals surface area contributed by atoms with Crippen molar-refractivity contribution in [1.29, 1.82) is 0 Å². The molecule has 0 radical (unpaired) electrons. The minimum absolute atomic E-state index is 0.0302. The highest BCUT2D eigenvalue weighted by Gasteiger charge is 2.30. The Kier molecular flexibility index (Phi) is 3.37. The molecule has 5 nitrogen and oxygen atoms in total. The first-order valence-corrected chi connectivity index (χ1v) is 7.91. The number of fused-ring (bicyclic) bond motifs is 1. The molecule has 20 heavy (non-hydrogen) atoms.